The Morgan fingerprint density at radius 3 is 2.72 bits per heavy atom. The largest absolute Gasteiger partial charge is 0.384 e. The van der Waals surface area contributed by atoms with Crippen molar-refractivity contribution in [3.05, 3.63) is 5.82 Å². The van der Waals surface area contributed by atoms with E-state index in [4.69, 9.17) is 4.74 Å². The van der Waals surface area contributed by atoms with E-state index < -0.39 is 10.0 Å². The van der Waals surface area contributed by atoms with Crippen LogP contribution in [0.5, 0.6) is 0 Å². The predicted molar refractivity (Wildman–Crippen MR) is 63.4 cm³/mol. The van der Waals surface area contributed by atoms with E-state index in [0.717, 1.165) is 12.8 Å². The Morgan fingerprint density at radius 1 is 1.44 bits per heavy atom. The quantitative estimate of drug-likeness (QED) is 0.766. The number of sulfonamides is 1. The van der Waals surface area contributed by atoms with E-state index in [9.17, 15) is 8.42 Å². The lowest BCUT2D eigenvalue weighted by atomic mass is 9.98. The van der Waals surface area contributed by atoms with Crippen molar-refractivity contribution >= 4 is 10.0 Å². The highest BCUT2D eigenvalue weighted by molar-refractivity contribution is 7.89. The Labute approximate surface area is 106 Å². The second-order valence-electron chi connectivity index (χ2n) is 4.25. The highest BCUT2D eigenvalue weighted by atomic mass is 32.2. The van der Waals surface area contributed by atoms with Gasteiger partial charge in [0.1, 0.15) is 0 Å². The SMILES string of the molecule is COCCS(=O)(=O)N1CCC(c2nn[nH]n2)CC1. The summed E-state index contributed by atoms with van der Waals surface area (Å²) < 4.78 is 30.2. The summed E-state index contributed by atoms with van der Waals surface area (Å²) in [6.45, 7) is 1.24. The number of piperidine rings is 1. The first kappa shape index (κ1) is 13.4. The Hall–Kier alpha value is -1.06. The third-order valence-corrected chi connectivity index (χ3v) is 4.95. The lowest BCUT2D eigenvalue weighted by Gasteiger charge is -2.29. The molecule has 0 radical (unpaired) electrons. The van der Waals surface area contributed by atoms with Crippen LogP contribution in [0.25, 0.3) is 0 Å². The molecule has 1 aliphatic rings. The number of nitrogens with zero attached hydrogens (tertiary/aromatic N) is 4. The van der Waals surface area contributed by atoms with Crippen LogP contribution in [0.3, 0.4) is 0 Å². The predicted octanol–water partition coefficient (Wildman–Crippen LogP) is -0.645. The van der Waals surface area contributed by atoms with E-state index in [1.165, 1.54) is 11.4 Å². The zero-order valence-corrected chi connectivity index (χ0v) is 11.1. The molecule has 102 valence electrons. The van der Waals surface area contributed by atoms with E-state index in [1.54, 1.807) is 0 Å². The van der Waals surface area contributed by atoms with Crippen LogP contribution >= 0.6 is 0 Å². The number of aromatic nitrogens is 4. The van der Waals surface area contributed by atoms with Gasteiger partial charge in [0.15, 0.2) is 5.82 Å². The minimum atomic E-state index is -3.19. The summed E-state index contributed by atoms with van der Waals surface area (Å²) in [4.78, 5) is 0. The number of hydrogen-bond acceptors (Lipinski definition) is 6. The molecule has 0 aromatic carbocycles. The summed E-state index contributed by atoms with van der Waals surface area (Å²) >= 11 is 0. The average Bonchev–Trinajstić information content (AvgIpc) is 2.90. The number of hydrogen-bond donors (Lipinski definition) is 1. The molecular formula is C9H17N5O3S. The van der Waals surface area contributed by atoms with Crippen LogP contribution in [-0.4, -0.2) is 65.9 Å². The van der Waals surface area contributed by atoms with Gasteiger partial charge in [-0.1, -0.05) is 5.21 Å². The second kappa shape index (κ2) is 5.72. The number of nitrogens with one attached hydrogen (secondary N) is 1. The number of aromatic amines is 1. The lowest BCUT2D eigenvalue weighted by Crippen LogP contribution is -2.40. The van der Waals surface area contributed by atoms with Gasteiger partial charge >= 0.3 is 0 Å². The maximum Gasteiger partial charge on any atom is 0.216 e. The highest BCUT2D eigenvalue weighted by Gasteiger charge is 2.29. The molecule has 0 bridgehead atoms. The molecule has 1 N–H and O–H groups in total. The Bertz CT molecular complexity index is 453. The van der Waals surface area contributed by atoms with Crippen molar-refractivity contribution in [2.24, 2.45) is 0 Å². The molecule has 0 unspecified atom stereocenters. The molecule has 0 atom stereocenters. The van der Waals surface area contributed by atoms with E-state index in [2.05, 4.69) is 20.6 Å². The van der Waals surface area contributed by atoms with Crippen LogP contribution in [0.4, 0.5) is 0 Å². The molecular weight excluding hydrogens is 258 g/mol. The Morgan fingerprint density at radius 2 is 2.17 bits per heavy atom. The van der Waals surface area contributed by atoms with Crippen molar-refractivity contribution in [2.75, 3.05) is 32.6 Å². The molecule has 1 aromatic rings. The van der Waals surface area contributed by atoms with Gasteiger partial charge in [0.2, 0.25) is 10.0 Å². The van der Waals surface area contributed by atoms with Crippen molar-refractivity contribution in [1.82, 2.24) is 24.9 Å². The number of ether oxygens (including phenoxy) is 1. The van der Waals surface area contributed by atoms with Crippen molar-refractivity contribution in [2.45, 2.75) is 18.8 Å². The number of methoxy groups -OCH3 is 1. The summed E-state index contributed by atoms with van der Waals surface area (Å²) in [7, 11) is -1.70. The van der Waals surface area contributed by atoms with Crippen LogP contribution in [0.15, 0.2) is 0 Å². The Balaban J connectivity index is 1.90. The van der Waals surface area contributed by atoms with Crippen molar-refractivity contribution < 1.29 is 13.2 Å². The van der Waals surface area contributed by atoms with Gasteiger partial charge in [-0.05, 0) is 12.8 Å². The van der Waals surface area contributed by atoms with Gasteiger partial charge in [0.05, 0.1) is 12.4 Å². The fourth-order valence-electron chi connectivity index (χ4n) is 2.05. The Kier molecular flexibility index (Phi) is 4.25. The van der Waals surface area contributed by atoms with E-state index in [1.807, 2.05) is 0 Å². The van der Waals surface area contributed by atoms with Crippen molar-refractivity contribution in [1.29, 1.82) is 0 Å². The fourth-order valence-corrected chi connectivity index (χ4v) is 3.46. The summed E-state index contributed by atoms with van der Waals surface area (Å²) in [5, 5.41) is 13.8. The first-order chi connectivity index (χ1) is 8.63. The molecule has 0 spiro atoms. The molecule has 1 saturated heterocycles. The van der Waals surface area contributed by atoms with E-state index >= 15 is 0 Å². The first-order valence-electron chi connectivity index (χ1n) is 5.83. The molecule has 1 aromatic heterocycles. The normalized spacial score (nSPS) is 19.2. The van der Waals surface area contributed by atoms with Gasteiger partial charge in [-0.15, -0.1) is 10.2 Å². The summed E-state index contributed by atoms with van der Waals surface area (Å²) in [6.07, 6.45) is 1.46. The zero-order valence-electron chi connectivity index (χ0n) is 10.2. The van der Waals surface area contributed by atoms with E-state index in [-0.39, 0.29) is 18.3 Å². The van der Waals surface area contributed by atoms with Crippen LogP contribution in [0, 0.1) is 0 Å². The lowest BCUT2D eigenvalue weighted by molar-refractivity contribution is 0.214. The topological polar surface area (TPSA) is 101 Å². The summed E-state index contributed by atoms with van der Waals surface area (Å²) in [6, 6.07) is 0. The number of tetrazole rings is 1. The molecule has 1 fully saturated rings. The third-order valence-electron chi connectivity index (χ3n) is 3.12. The highest BCUT2D eigenvalue weighted by Crippen LogP contribution is 2.26. The molecule has 9 heteroatoms. The van der Waals surface area contributed by atoms with Crippen LogP contribution < -0.4 is 0 Å². The molecule has 18 heavy (non-hydrogen) atoms. The zero-order chi connectivity index (χ0) is 13.0. The van der Waals surface area contributed by atoms with Crippen molar-refractivity contribution in [3.8, 4) is 0 Å². The maximum absolute atomic E-state index is 11.9. The summed E-state index contributed by atoms with van der Waals surface area (Å²) in [5.41, 5.74) is 0. The smallest absolute Gasteiger partial charge is 0.216 e. The molecule has 8 nitrogen and oxygen atoms in total. The van der Waals surface area contributed by atoms with Gasteiger partial charge in [0, 0.05) is 26.1 Å². The molecule has 0 aliphatic carbocycles. The van der Waals surface area contributed by atoms with Crippen LogP contribution in [0.1, 0.15) is 24.6 Å². The minimum Gasteiger partial charge on any atom is -0.384 e. The molecule has 2 heterocycles. The van der Waals surface area contributed by atoms with E-state index in [0.29, 0.717) is 18.9 Å². The monoisotopic (exact) mass is 275 g/mol. The fraction of sp³-hybridized carbons (Fsp3) is 0.889. The standard InChI is InChI=1S/C9H17N5O3S/c1-17-6-7-18(15,16)14-4-2-8(3-5-14)9-10-12-13-11-9/h8H,2-7H2,1H3,(H,10,11,12,13). The summed E-state index contributed by atoms with van der Waals surface area (Å²) in [5.74, 6) is 0.901. The van der Waals surface area contributed by atoms with Gasteiger partial charge < -0.3 is 4.74 Å². The molecule has 1 aliphatic heterocycles. The number of H-pyrrole nitrogens is 1. The van der Waals surface area contributed by atoms with Crippen molar-refractivity contribution in [3.63, 3.8) is 0 Å². The molecule has 0 amide bonds. The average molecular weight is 275 g/mol. The first-order valence-corrected chi connectivity index (χ1v) is 7.44. The molecule has 2 rings (SSSR count). The van der Waals surface area contributed by atoms with Gasteiger partial charge in [-0.2, -0.15) is 5.21 Å². The van der Waals surface area contributed by atoms with Gasteiger partial charge in [0.25, 0.3) is 0 Å². The number of rotatable bonds is 5. The maximum atomic E-state index is 11.9. The van der Waals surface area contributed by atoms with Crippen LogP contribution in [0.2, 0.25) is 0 Å². The van der Waals surface area contributed by atoms with Gasteiger partial charge in [-0.25, -0.2) is 12.7 Å². The second-order valence-corrected chi connectivity index (χ2v) is 6.34. The minimum absolute atomic E-state index is 0.0381. The van der Waals surface area contributed by atoms with Crippen LogP contribution in [-0.2, 0) is 14.8 Å². The molecule has 0 saturated carbocycles. The third kappa shape index (κ3) is 3.03. The van der Waals surface area contributed by atoms with Gasteiger partial charge in [-0.3, -0.25) is 0 Å².